The minimum atomic E-state index is -2.50. The van der Waals surface area contributed by atoms with Gasteiger partial charge in [0, 0.05) is 11.1 Å². The highest BCUT2D eigenvalue weighted by atomic mass is 35.5. The van der Waals surface area contributed by atoms with Gasteiger partial charge in [0.15, 0.2) is 0 Å². The first-order chi connectivity index (χ1) is 7.50. The van der Waals surface area contributed by atoms with Gasteiger partial charge in [-0.1, -0.05) is 23.7 Å². The van der Waals surface area contributed by atoms with Crippen molar-refractivity contribution in [2.24, 2.45) is 5.73 Å². The molecule has 2 N–H and O–H groups in total. The van der Waals surface area contributed by atoms with Gasteiger partial charge in [-0.05, 0) is 24.6 Å². The van der Waals surface area contributed by atoms with Crippen LogP contribution in [0.25, 0.3) is 0 Å². The molecule has 0 amide bonds. The molecule has 0 aliphatic carbocycles. The first-order valence-electron chi connectivity index (χ1n) is 4.91. The molecule has 16 heavy (non-hydrogen) atoms. The number of ether oxygens (including phenoxy) is 1. The lowest BCUT2D eigenvalue weighted by molar-refractivity contribution is -0.0326. The first-order valence-corrected chi connectivity index (χ1v) is 5.29. The Morgan fingerprint density at radius 3 is 2.62 bits per heavy atom. The fourth-order valence-corrected chi connectivity index (χ4v) is 1.61. The standard InChI is InChI=1S/C11H14ClF2NO/c1-7(15)11(16-6-10(13)14)8-3-2-4-9(12)5-8/h2-5,7,10-11H,6,15H2,1H3. The topological polar surface area (TPSA) is 35.2 Å². The van der Waals surface area contributed by atoms with Crippen molar-refractivity contribution >= 4 is 11.6 Å². The third-order valence-corrected chi connectivity index (χ3v) is 2.29. The van der Waals surface area contributed by atoms with Crippen molar-refractivity contribution in [3.8, 4) is 0 Å². The maximum atomic E-state index is 12.1. The number of alkyl halides is 2. The SMILES string of the molecule is CC(N)C(OCC(F)F)c1cccc(Cl)c1. The van der Waals surface area contributed by atoms with Crippen LogP contribution in [-0.4, -0.2) is 19.1 Å². The van der Waals surface area contributed by atoms with Crippen molar-refractivity contribution in [3.05, 3.63) is 34.9 Å². The van der Waals surface area contributed by atoms with Crippen LogP contribution >= 0.6 is 11.6 Å². The molecule has 2 nitrogen and oxygen atoms in total. The van der Waals surface area contributed by atoms with Crippen LogP contribution in [0.3, 0.4) is 0 Å². The van der Waals surface area contributed by atoms with E-state index in [1.54, 1.807) is 31.2 Å². The molecule has 0 fully saturated rings. The number of benzene rings is 1. The van der Waals surface area contributed by atoms with Gasteiger partial charge in [0.05, 0.1) is 6.10 Å². The van der Waals surface area contributed by atoms with Crippen molar-refractivity contribution in [1.29, 1.82) is 0 Å². The Morgan fingerprint density at radius 1 is 1.44 bits per heavy atom. The molecule has 5 heteroatoms. The van der Waals surface area contributed by atoms with Crippen molar-refractivity contribution < 1.29 is 13.5 Å². The highest BCUT2D eigenvalue weighted by Gasteiger charge is 2.18. The Hall–Kier alpha value is -0.710. The summed E-state index contributed by atoms with van der Waals surface area (Å²) in [5, 5.41) is 0.531. The van der Waals surface area contributed by atoms with E-state index in [0.29, 0.717) is 10.6 Å². The van der Waals surface area contributed by atoms with Gasteiger partial charge in [-0.15, -0.1) is 0 Å². The van der Waals surface area contributed by atoms with E-state index < -0.39 is 19.1 Å². The molecule has 1 rings (SSSR count). The molecule has 2 atom stereocenters. The summed E-state index contributed by atoms with van der Waals surface area (Å²) in [4.78, 5) is 0. The summed E-state index contributed by atoms with van der Waals surface area (Å²) in [7, 11) is 0. The molecular weight excluding hydrogens is 236 g/mol. The Bertz CT molecular complexity index is 334. The van der Waals surface area contributed by atoms with Gasteiger partial charge in [0.25, 0.3) is 6.43 Å². The number of hydrogen-bond donors (Lipinski definition) is 1. The first kappa shape index (κ1) is 13.4. The molecule has 90 valence electrons. The average Bonchev–Trinajstić information content (AvgIpc) is 2.17. The minimum Gasteiger partial charge on any atom is -0.366 e. The van der Waals surface area contributed by atoms with Crippen LogP contribution in [0, 0.1) is 0 Å². The summed E-state index contributed by atoms with van der Waals surface area (Å²) >= 11 is 5.81. The lowest BCUT2D eigenvalue weighted by Gasteiger charge is -2.21. The van der Waals surface area contributed by atoms with E-state index in [0.717, 1.165) is 0 Å². The van der Waals surface area contributed by atoms with Crippen LogP contribution in [0.1, 0.15) is 18.6 Å². The summed E-state index contributed by atoms with van der Waals surface area (Å²) < 4.78 is 29.2. The predicted molar refractivity (Wildman–Crippen MR) is 59.8 cm³/mol. The summed E-state index contributed by atoms with van der Waals surface area (Å²) in [5.41, 5.74) is 6.40. The Labute approximate surface area is 98.3 Å². The number of hydrogen-bond acceptors (Lipinski definition) is 2. The molecule has 0 saturated heterocycles. The largest absolute Gasteiger partial charge is 0.366 e. The van der Waals surface area contributed by atoms with Crippen molar-refractivity contribution in [2.45, 2.75) is 25.5 Å². The van der Waals surface area contributed by atoms with Gasteiger partial charge in [0.1, 0.15) is 6.61 Å². The van der Waals surface area contributed by atoms with Gasteiger partial charge in [0.2, 0.25) is 0 Å². The average molecular weight is 250 g/mol. The molecule has 1 aromatic rings. The zero-order valence-electron chi connectivity index (χ0n) is 8.87. The molecule has 0 spiro atoms. The molecule has 1 aromatic carbocycles. The second-order valence-corrected chi connectivity index (χ2v) is 4.00. The van der Waals surface area contributed by atoms with E-state index in [-0.39, 0.29) is 6.04 Å². The van der Waals surface area contributed by atoms with Gasteiger partial charge < -0.3 is 10.5 Å². The third kappa shape index (κ3) is 4.04. The van der Waals surface area contributed by atoms with E-state index in [1.165, 1.54) is 0 Å². The lowest BCUT2D eigenvalue weighted by atomic mass is 10.0. The van der Waals surface area contributed by atoms with Crippen LogP contribution in [-0.2, 0) is 4.74 Å². The minimum absolute atomic E-state index is 0.378. The Balaban J connectivity index is 2.77. The zero-order valence-corrected chi connectivity index (χ0v) is 9.62. The summed E-state index contributed by atoms with van der Waals surface area (Å²) in [6, 6.07) is 6.49. The highest BCUT2D eigenvalue weighted by molar-refractivity contribution is 6.30. The van der Waals surface area contributed by atoms with E-state index in [9.17, 15) is 8.78 Å². The van der Waals surface area contributed by atoms with E-state index in [1.807, 2.05) is 0 Å². The highest BCUT2D eigenvalue weighted by Crippen LogP contribution is 2.23. The molecule has 0 aliphatic rings. The quantitative estimate of drug-likeness (QED) is 0.871. The van der Waals surface area contributed by atoms with Crippen LogP contribution < -0.4 is 5.73 Å². The smallest absolute Gasteiger partial charge is 0.261 e. The molecule has 0 radical (unpaired) electrons. The molecule has 0 bridgehead atoms. The second-order valence-electron chi connectivity index (χ2n) is 3.56. The zero-order chi connectivity index (χ0) is 12.1. The van der Waals surface area contributed by atoms with Crippen molar-refractivity contribution in [3.63, 3.8) is 0 Å². The fourth-order valence-electron chi connectivity index (χ4n) is 1.41. The Kier molecular flexibility index (Phi) is 5.12. The van der Waals surface area contributed by atoms with Crippen molar-refractivity contribution in [2.75, 3.05) is 6.61 Å². The van der Waals surface area contributed by atoms with Crippen LogP contribution in [0.15, 0.2) is 24.3 Å². The fraction of sp³-hybridized carbons (Fsp3) is 0.455. The summed E-state index contributed by atoms with van der Waals surface area (Å²) in [5.74, 6) is 0. The van der Waals surface area contributed by atoms with Gasteiger partial charge in [-0.3, -0.25) is 0 Å². The van der Waals surface area contributed by atoms with E-state index >= 15 is 0 Å². The molecule has 0 saturated carbocycles. The Morgan fingerprint density at radius 2 is 2.12 bits per heavy atom. The van der Waals surface area contributed by atoms with Gasteiger partial charge in [-0.2, -0.15) is 0 Å². The lowest BCUT2D eigenvalue weighted by Crippen LogP contribution is -2.28. The molecule has 0 aliphatic heterocycles. The normalized spacial score (nSPS) is 15.1. The van der Waals surface area contributed by atoms with Gasteiger partial charge >= 0.3 is 0 Å². The number of nitrogens with two attached hydrogens (primary N) is 1. The molecule has 0 heterocycles. The second kappa shape index (κ2) is 6.13. The summed E-state index contributed by atoms with van der Waals surface area (Å²) in [6.45, 7) is 1.08. The maximum Gasteiger partial charge on any atom is 0.261 e. The summed E-state index contributed by atoms with van der Waals surface area (Å²) in [6.07, 6.45) is -3.06. The van der Waals surface area contributed by atoms with Crippen molar-refractivity contribution in [1.82, 2.24) is 0 Å². The molecular formula is C11H14ClF2NO. The molecule has 0 aromatic heterocycles. The molecule has 2 unspecified atom stereocenters. The monoisotopic (exact) mass is 249 g/mol. The predicted octanol–water partition coefficient (Wildman–Crippen LogP) is 3.01. The number of halogens is 3. The van der Waals surface area contributed by atoms with E-state index in [4.69, 9.17) is 22.1 Å². The van der Waals surface area contributed by atoms with E-state index in [2.05, 4.69) is 0 Å². The maximum absolute atomic E-state index is 12.1. The van der Waals surface area contributed by atoms with Gasteiger partial charge in [-0.25, -0.2) is 8.78 Å². The van der Waals surface area contributed by atoms with Crippen LogP contribution in [0.4, 0.5) is 8.78 Å². The van der Waals surface area contributed by atoms with Crippen LogP contribution in [0.2, 0.25) is 5.02 Å². The van der Waals surface area contributed by atoms with Crippen LogP contribution in [0.5, 0.6) is 0 Å². The number of rotatable bonds is 5. The third-order valence-electron chi connectivity index (χ3n) is 2.06.